The topological polar surface area (TPSA) is 174 Å². The predicted octanol–water partition coefficient (Wildman–Crippen LogP) is 4.55. The monoisotopic (exact) mass is 726 g/mol. The predicted molar refractivity (Wildman–Crippen MR) is 193 cm³/mol. The highest BCUT2D eigenvalue weighted by Crippen LogP contribution is 2.42. The van der Waals surface area contributed by atoms with Crippen LogP contribution in [-0.2, 0) is 24.7 Å². The number of hydrogen-bond donors (Lipinski definition) is 4. The van der Waals surface area contributed by atoms with Crippen molar-refractivity contribution in [1.29, 1.82) is 0 Å². The number of β-lactam (4-membered cyclic amide) rings is 1. The van der Waals surface area contributed by atoms with Gasteiger partial charge in [0.25, 0.3) is 11.8 Å². The lowest BCUT2D eigenvalue weighted by molar-refractivity contribution is -0.150. The normalized spacial score (nSPS) is 17.3. The van der Waals surface area contributed by atoms with Crippen LogP contribution in [0.15, 0.2) is 113 Å². The van der Waals surface area contributed by atoms with E-state index in [0.29, 0.717) is 11.7 Å². The molecule has 3 heterocycles. The molecule has 0 spiro atoms. The molecule has 262 valence electrons. The number of oxime groups is 1. The summed E-state index contributed by atoms with van der Waals surface area (Å²) in [4.78, 5) is 58.1. The zero-order valence-electron chi connectivity index (χ0n) is 27.6. The maximum absolute atomic E-state index is 13.5. The molecule has 2 aliphatic heterocycles. The van der Waals surface area contributed by atoms with Gasteiger partial charge in [-0.3, -0.25) is 14.5 Å². The summed E-state index contributed by atoms with van der Waals surface area (Å²) in [5.74, 6) is -2.73. The van der Waals surface area contributed by atoms with Gasteiger partial charge in [0.05, 0.1) is 0 Å². The molecule has 4 N–H and O–H groups in total. The number of carboxylic acid groups (broad SMARTS) is 1. The summed E-state index contributed by atoms with van der Waals surface area (Å²) in [5, 5.41) is 30.6. The van der Waals surface area contributed by atoms with Crippen molar-refractivity contribution in [2.75, 3.05) is 31.3 Å². The summed E-state index contributed by atoms with van der Waals surface area (Å²) in [6.45, 7) is 1.87. The van der Waals surface area contributed by atoms with Crippen LogP contribution in [0.25, 0.3) is 0 Å². The van der Waals surface area contributed by atoms with Crippen molar-refractivity contribution in [2.24, 2.45) is 5.16 Å². The molecule has 2 atom stereocenters. The Balaban J connectivity index is 1.22. The quantitative estimate of drug-likeness (QED) is 0.0533. The standard InChI is InChI=1S/C36H34N6O7S2/c1-3-41(2)35(47)49-19-22-20-50-32-28(31(44)42(32)29(22)33(45)46)38-30(43)27(40-48)26-21-51-34(37-26)39-36(23-13-7-4-8-14-23,24-15-9-5-10-16-24)25-17-11-6-12-18-25/h4-18,21,28,32,48H,3,19-20H2,1-2H3,(H,37,39)(H,38,43)(H,45,46)/b40-27-/t28-,32-/m1/s1. The molecule has 15 heteroatoms. The molecule has 0 unspecified atom stereocenters. The number of anilines is 1. The Bertz CT molecular complexity index is 1890. The Labute approximate surface area is 301 Å². The van der Waals surface area contributed by atoms with Crippen molar-refractivity contribution >= 4 is 57.8 Å². The number of ether oxygens (including phenoxy) is 1. The van der Waals surface area contributed by atoms with Crippen molar-refractivity contribution in [3.8, 4) is 0 Å². The van der Waals surface area contributed by atoms with Gasteiger partial charge in [-0.15, -0.1) is 23.1 Å². The Hall–Kier alpha value is -5.67. The number of hydrogen-bond acceptors (Lipinski definition) is 11. The summed E-state index contributed by atoms with van der Waals surface area (Å²) in [6.07, 6.45) is -0.621. The van der Waals surface area contributed by atoms with E-state index < -0.39 is 46.5 Å². The van der Waals surface area contributed by atoms with Crippen molar-refractivity contribution in [3.63, 3.8) is 0 Å². The molecule has 0 aliphatic carbocycles. The van der Waals surface area contributed by atoms with Gasteiger partial charge < -0.3 is 30.6 Å². The Morgan fingerprint density at radius 2 is 1.57 bits per heavy atom. The Kier molecular flexibility index (Phi) is 10.4. The molecule has 1 aromatic heterocycles. The first-order valence-corrected chi connectivity index (χ1v) is 17.8. The molecule has 1 saturated heterocycles. The number of nitrogens with zero attached hydrogens (tertiary/aromatic N) is 4. The highest BCUT2D eigenvalue weighted by molar-refractivity contribution is 8.00. The van der Waals surface area contributed by atoms with Crippen LogP contribution in [-0.4, -0.2) is 92.1 Å². The molecule has 1 fully saturated rings. The third kappa shape index (κ3) is 6.77. The third-order valence-electron chi connectivity index (χ3n) is 8.67. The number of rotatable bonds is 12. The molecule has 0 saturated carbocycles. The lowest BCUT2D eigenvalue weighted by atomic mass is 9.77. The van der Waals surface area contributed by atoms with Gasteiger partial charge in [0.15, 0.2) is 10.8 Å². The summed E-state index contributed by atoms with van der Waals surface area (Å²) in [5.41, 5.74) is 1.55. The fraction of sp³-hybridized carbons (Fsp3) is 0.222. The number of thioether (sulfide) groups is 1. The highest BCUT2D eigenvalue weighted by Gasteiger charge is 2.54. The Morgan fingerprint density at radius 3 is 2.08 bits per heavy atom. The van der Waals surface area contributed by atoms with E-state index in [1.807, 2.05) is 91.0 Å². The SMILES string of the molecule is CCN(C)C(=O)OCC1=C(C(=O)O)N2C(=O)[C@@H](NC(=O)/C(=N\O)c3csc(NC(c4ccccc4)(c4ccccc4)c4ccccc4)n3)[C@H]2SC1. The van der Waals surface area contributed by atoms with E-state index in [9.17, 15) is 29.5 Å². The van der Waals surface area contributed by atoms with Crippen LogP contribution < -0.4 is 10.6 Å². The van der Waals surface area contributed by atoms with Gasteiger partial charge in [0.1, 0.15) is 35.0 Å². The van der Waals surface area contributed by atoms with Gasteiger partial charge in [-0.25, -0.2) is 14.6 Å². The molecule has 13 nitrogen and oxygen atoms in total. The number of aliphatic carboxylic acids is 1. The van der Waals surface area contributed by atoms with E-state index >= 15 is 0 Å². The minimum Gasteiger partial charge on any atom is -0.477 e. The van der Waals surface area contributed by atoms with Crippen molar-refractivity contribution < 1.29 is 34.2 Å². The molecular formula is C36H34N6O7S2. The summed E-state index contributed by atoms with van der Waals surface area (Å²) >= 11 is 2.43. The largest absolute Gasteiger partial charge is 0.477 e. The molecule has 2 aliphatic rings. The Morgan fingerprint density at radius 1 is 1.00 bits per heavy atom. The van der Waals surface area contributed by atoms with Gasteiger partial charge in [0, 0.05) is 30.3 Å². The van der Waals surface area contributed by atoms with Crippen LogP contribution in [0.4, 0.5) is 9.93 Å². The first-order valence-electron chi connectivity index (χ1n) is 15.9. The fourth-order valence-electron chi connectivity index (χ4n) is 5.99. The second kappa shape index (κ2) is 15.1. The first-order chi connectivity index (χ1) is 24.7. The lowest BCUT2D eigenvalue weighted by Crippen LogP contribution is -2.71. The summed E-state index contributed by atoms with van der Waals surface area (Å²) in [7, 11) is 1.55. The third-order valence-corrected chi connectivity index (χ3v) is 10.8. The molecule has 6 rings (SSSR count). The van der Waals surface area contributed by atoms with Gasteiger partial charge >= 0.3 is 12.1 Å². The number of benzene rings is 3. The van der Waals surface area contributed by atoms with Gasteiger partial charge in [-0.2, -0.15) is 0 Å². The maximum Gasteiger partial charge on any atom is 0.409 e. The number of thiazole rings is 1. The lowest BCUT2D eigenvalue weighted by Gasteiger charge is -2.49. The zero-order chi connectivity index (χ0) is 36.1. The maximum atomic E-state index is 13.5. The van der Waals surface area contributed by atoms with Crippen LogP contribution in [0.2, 0.25) is 0 Å². The van der Waals surface area contributed by atoms with Crippen LogP contribution in [0.3, 0.4) is 0 Å². The van der Waals surface area contributed by atoms with E-state index in [4.69, 9.17) is 4.74 Å². The molecule has 51 heavy (non-hydrogen) atoms. The van der Waals surface area contributed by atoms with Crippen LogP contribution >= 0.6 is 23.1 Å². The average Bonchev–Trinajstić information content (AvgIpc) is 3.63. The van der Waals surface area contributed by atoms with Crippen molar-refractivity contribution in [3.05, 3.63) is 130 Å². The number of amides is 3. The molecule has 0 radical (unpaired) electrons. The average molecular weight is 727 g/mol. The van der Waals surface area contributed by atoms with Crippen LogP contribution in [0, 0.1) is 0 Å². The van der Waals surface area contributed by atoms with E-state index in [0.717, 1.165) is 21.6 Å². The number of fused-ring (bicyclic) bond motifs is 1. The second-order valence-electron chi connectivity index (χ2n) is 11.6. The summed E-state index contributed by atoms with van der Waals surface area (Å²) in [6, 6.07) is 28.6. The molecule has 4 aromatic rings. The molecule has 0 bridgehead atoms. The summed E-state index contributed by atoms with van der Waals surface area (Å²) < 4.78 is 5.24. The van der Waals surface area contributed by atoms with E-state index in [1.54, 1.807) is 19.4 Å². The number of aromatic nitrogens is 1. The highest BCUT2D eigenvalue weighted by atomic mass is 32.2. The van der Waals surface area contributed by atoms with Gasteiger partial charge in [0.2, 0.25) is 0 Å². The van der Waals surface area contributed by atoms with Crippen molar-refractivity contribution in [1.82, 2.24) is 20.1 Å². The first kappa shape index (κ1) is 35.2. The fourth-order valence-corrected chi connectivity index (χ4v) is 8.06. The number of carbonyl (C=O) groups is 4. The molecule has 3 aromatic carbocycles. The van der Waals surface area contributed by atoms with Gasteiger partial charge in [-0.05, 0) is 23.6 Å². The number of carboxylic acids is 1. The van der Waals surface area contributed by atoms with E-state index in [-0.39, 0.29) is 29.3 Å². The molecular weight excluding hydrogens is 693 g/mol. The number of nitrogens with one attached hydrogen (secondary N) is 2. The van der Waals surface area contributed by atoms with Crippen LogP contribution in [0.1, 0.15) is 29.3 Å². The van der Waals surface area contributed by atoms with E-state index in [2.05, 4.69) is 20.8 Å². The second-order valence-corrected chi connectivity index (χ2v) is 13.6. The minimum absolute atomic E-state index is 0.0674. The van der Waals surface area contributed by atoms with Crippen molar-refractivity contribution in [2.45, 2.75) is 23.9 Å². The van der Waals surface area contributed by atoms with E-state index in [1.165, 1.54) is 28.0 Å². The molecule has 3 amide bonds. The zero-order valence-corrected chi connectivity index (χ0v) is 29.2. The number of carbonyl (C=O) groups excluding carboxylic acids is 3. The van der Waals surface area contributed by atoms with Gasteiger partial charge in [-0.1, -0.05) is 96.2 Å². The smallest absolute Gasteiger partial charge is 0.409 e. The van der Waals surface area contributed by atoms with Crippen LogP contribution in [0.5, 0.6) is 0 Å². The minimum atomic E-state index is -1.36.